The average Bonchev–Trinajstić information content (AvgIpc) is 3.63. The maximum atomic E-state index is 13.6. The first-order valence-electron chi connectivity index (χ1n) is 14.0. The molecule has 3 aliphatic carbocycles. The first kappa shape index (κ1) is 25.1. The van der Waals surface area contributed by atoms with Crippen molar-refractivity contribution in [3.63, 3.8) is 0 Å². The Balaban J connectivity index is 1.36. The lowest BCUT2D eigenvalue weighted by Crippen LogP contribution is -2.54. The number of methoxy groups -OCH3 is 1. The number of nitrogens with two attached hydrogens (primary N) is 1. The topological polar surface area (TPSA) is 100 Å². The van der Waals surface area contributed by atoms with E-state index < -0.39 is 11.6 Å². The van der Waals surface area contributed by atoms with Gasteiger partial charge in [-0.1, -0.05) is 50.2 Å². The lowest BCUT2D eigenvalue weighted by molar-refractivity contribution is -0.133. The number of nitrogens with zero attached hydrogens (tertiary/aromatic N) is 2. The lowest BCUT2D eigenvalue weighted by Gasteiger charge is -2.40. The Hall–Kier alpha value is -3.16. The van der Waals surface area contributed by atoms with Gasteiger partial charge in [-0.3, -0.25) is 9.69 Å². The first-order valence-corrected chi connectivity index (χ1v) is 14.0. The molecule has 1 heterocycles. The summed E-state index contributed by atoms with van der Waals surface area (Å²) in [7, 11) is 1.70. The number of allylic oxidation sites excluding steroid dienone is 1. The number of rotatable bonds is 7. The van der Waals surface area contributed by atoms with Crippen LogP contribution in [0, 0.1) is 0 Å². The van der Waals surface area contributed by atoms with E-state index >= 15 is 0 Å². The van der Waals surface area contributed by atoms with E-state index in [1.54, 1.807) is 12.0 Å². The largest absolute Gasteiger partial charge is 0.390 e. The van der Waals surface area contributed by atoms with E-state index in [2.05, 4.69) is 49.5 Å². The van der Waals surface area contributed by atoms with Crippen LogP contribution in [0.1, 0.15) is 85.9 Å². The number of nitrogens with one attached hydrogen (secondary N) is 1. The molecule has 2 aromatic rings. The van der Waals surface area contributed by atoms with Crippen LogP contribution >= 0.6 is 0 Å². The molecule has 1 unspecified atom stereocenters. The van der Waals surface area contributed by atoms with Crippen LogP contribution in [0.4, 0.5) is 0 Å². The monoisotopic (exact) mass is 514 g/mol. The quantitative estimate of drug-likeness (QED) is 0.515. The molecule has 7 nitrogen and oxygen atoms in total. The van der Waals surface area contributed by atoms with Crippen molar-refractivity contribution >= 4 is 17.6 Å². The third-order valence-electron chi connectivity index (χ3n) is 9.13. The summed E-state index contributed by atoms with van der Waals surface area (Å²) in [6.45, 7) is 4.13. The smallest absolute Gasteiger partial charge is 0.232 e. The molecule has 1 fully saturated rings. The number of carbonyl (C=O) groups is 1. The number of aliphatic imine (C=N–C) groups is 1. The van der Waals surface area contributed by atoms with E-state index in [1.807, 2.05) is 12.1 Å². The van der Waals surface area contributed by atoms with Crippen molar-refractivity contribution in [2.45, 2.75) is 88.6 Å². The predicted molar refractivity (Wildman–Crippen MR) is 148 cm³/mol. The highest BCUT2D eigenvalue weighted by Gasteiger charge is 2.46. The first-order chi connectivity index (χ1) is 18.4. The Labute approximate surface area is 224 Å². The highest BCUT2D eigenvalue weighted by atomic mass is 16.5. The highest BCUT2D eigenvalue weighted by Crippen LogP contribution is 2.44. The van der Waals surface area contributed by atoms with Crippen molar-refractivity contribution in [3.05, 3.63) is 75.9 Å². The number of fused-ring (bicyclic) bond motifs is 2. The zero-order valence-electron chi connectivity index (χ0n) is 22.5. The number of guanidine groups is 1. The van der Waals surface area contributed by atoms with Gasteiger partial charge in [0.05, 0.1) is 36.3 Å². The zero-order chi connectivity index (χ0) is 26.6. The number of aliphatic hydroxyl groups is 1. The van der Waals surface area contributed by atoms with Gasteiger partial charge < -0.3 is 20.9 Å². The Morgan fingerprint density at radius 3 is 2.55 bits per heavy atom. The fourth-order valence-corrected chi connectivity index (χ4v) is 6.65. The lowest BCUT2D eigenvalue weighted by atomic mass is 9.87. The summed E-state index contributed by atoms with van der Waals surface area (Å²) in [5.41, 5.74) is 14.2. The van der Waals surface area contributed by atoms with Crippen LogP contribution in [0.3, 0.4) is 0 Å². The van der Waals surface area contributed by atoms with Crippen molar-refractivity contribution < 1.29 is 14.6 Å². The molecule has 4 N–H and O–H groups in total. The minimum Gasteiger partial charge on any atom is -0.390 e. The van der Waals surface area contributed by atoms with Crippen LogP contribution < -0.4 is 11.1 Å². The van der Waals surface area contributed by atoms with Gasteiger partial charge in [0, 0.05) is 25.6 Å². The molecule has 6 rings (SSSR count). The molecule has 0 saturated heterocycles. The number of amides is 1. The number of ether oxygens (including phenoxy) is 1. The second-order valence-corrected chi connectivity index (χ2v) is 11.2. The van der Waals surface area contributed by atoms with Gasteiger partial charge in [0.1, 0.15) is 0 Å². The number of carbonyl (C=O) groups excluding carboxylic acids is 1. The zero-order valence-corrected chi connectivity index (χ0v) is 22.5. The van der Waals surface area contributed by atoms with Gasteiger partial charge in [-0.2, -0.15) is 0 Å². The van der Waals surface area contributed by atoms with Crippen LogP contribution in [-0.2, 0) is 22.4 Å². The van der Waals surface area contributed by atoms with Crippen molar-refractivity contribution in [1.82, 2.24) is 10.2 Å². The Kier molecular flexibility index (Phi) is 6.31. The molecule has 0 bridgehead atoms. The molecule has 0 spiro atoms. The molecule has 1 amide bonds. The predicted octanol–water partition coefficient (Wildman–Crippen LogP) is 4.16. The van der Waals surface area contributed by atoms with Crippen LogP contribution in [0.25, 0.3) is 5.70 Å². The van der Waals surface area contributed by atoms with Gasteiger partial charge >= 0.3 is 0 Å². The minimum atomic E-state index is -0.471. The second kappa shape index (κ2) is 9.54. The maximum absolute atomic E-state index is 13.6. The number of hydrogen-bond acceptors (Lipinski definition) is 6. The van der Waals surface area contributed by atoms with E-state index in [9.17, 15) is 9.90 Å². The third-order valence-corrected chi connectivity index (χ3v) is 9.13. The van der Waals surface area contributed by atoms with Crippen LogP contribution in [0.5, 0.6) is 0 Å². The molecule has 200 valence electrons. The molecule has 1 aliphatic heterocycles. The second-order valence-electron chi connectivity index (χ2n) is 11.2. The number of hydrogen-bond donors (Lipinski definition) is 3. The van der Waals surface area contributed by atoms with Gasteiger partial charge in [-0.05, 0) is 65.1 Å². The van der Waals surface area contributed by atoms with E-state index in [4.69, 9.17) is 15.5 Å². The van der Waals surface area contributed by atoms with E-state index in [-0.39, 0.29) is 24.1 Å². The minimum absolute atomic E-state index is 0.0103. The molecule has 38 heavy (non-hydrogen) atoms. The van der Waals surface area contributed by atoms with Crippen molar-refractivity contribution in [3.8, 4) is 0 Å². The summed E-state index contributed by atoms with van der Waals surface area (Å²) >= 11 is 0. The fourth-order valence-electron chi connectivity index (χ4n) is 6.65. The van der Waals surface area contributed by atoms with Crippen molar-refractivity contribution in [2.24, 2.45) is 10.7 Å². The molecule has 0 radical (unpaired) electrons. The standard InChI is InChI=1S/C31H38N4O3/c1-4-31(5-2)17-26(37)35(30(32)34-31)29-23-14-21(13-12-20(23)16-25(29)38-3)27(18-10-11-18)33-28-22-9-7-6-8-19(22)15-24(28)36/h6-9,12-14,24-25,28-29,33,36H,4-5,10-11,15-17H2,1-3H3,(H2,32,34)/t24-,25?,28-,29+/m1/s1. The summed E-state index contributed by atoms with van der Waals surface area (Å²) < 4.78 is 5.92. The molecule has 4 aliphatic rings. The van der Waals surface area contributed by atoms with Gasteiger partial charge in [0.15, 0.2) is 5.96 Å². The summed E-state index contributed by atoms with van der Waals surface area (Å²) in [6.07, 6.45) is 4.73. The van der Waals surface area contributed by atoms with E-state index in [0.29, 0.717) is 25.2 Å². The molecule has 4 atom stereocenters. The van der Waals surface area contributed by atoms with Gasteiger partial charge in [-0.15, -0.1) is 0 Å². The SMILES string of the molecule is CCC1(CC)CC(=O)N([C@H]2c3cc(C(N[C@@H]4c5ccccc5C[C@H]4O)=C4CC4)ccc3CC2OC)C(N)=N1. The molecule has 0 aromatic heterocycles. The Bertz CT molecular complexity index is 1320. The number of aliphatic hydroxyl groups excluding tert-OH is 1. The third kappa shape index (κ3) is 4.12. The normalized spacial score (nSPS) is 27.2. The molecule has 7 heteroatoms. The summed E-state index contributed by atoms with van der Waals surface area (Å²) in [5, 5.41) is 14.6. The van der Waals surface area contributed by atoms with Gasteiger partial charge in [0.2, 0.25) is 5.91 Å². The fraction of sp³-hybridized carbons (Fsp3) is 0.484. The molecular weight excluding hydrogens is 476 g/mol. The van der Waals surface area contributed by atoms with Crippen molar-refractivity contribution in [2.75, 3.05) is 7.11 Å². The van der Waals surface area contributed by atoms with Crippen LogP contribution in [-0.4, -0.2) is 46.7 Å². The van der Waals surface area contributed by atoms with Gasteiger partial charge in [-0.25, -0.2) is 4.99 Å². The summed E-state index contributed by atoms with van der Waals surface area (Å²) in [6, 6.07) is 14.3. The van der Waals surface area contributed by atoms with Crippen LogP contribution in [0.15, 0.2) is 53.0 Å². The highest BCUT2D eigenvalue weighted by molar-refractivity contribution is 5.99. The Morgan fingerprint density at radius 2 is 1.87 bits per heavy atom. The van der Waals surface area contributed by atoms with E-state index in [1.165, 1.54) is 16.7 Å². The summed E-state index contributed by atoms with van der Waals surface area (Å²) in [5.74, 6) is 0.302. The molecule has 2 aromatic carbocycles. The maximum Gasteiger partial charge on any atom is 0.232 e. The summed E-state index contributed by atoms with van der Waals surface area (Å²) in [4.78, 5) is 20.1. The Morgan fingerprint density at radius 1 is 1.13 bits per heavy atom. The van der Waals surface area contributed by atoms with Crippen LogP contribution in [0.2, 0.25) is 0 Å². The van der Waals surface area contributed by atoms with Crippen molar-refractivity contribution in [1.29, 1.82) is 0 Å². The molecular formula is C31H38N4O3. The van der Waals surface area contributed by atoms with Gasteiger partial charge in [0.25, 0.3) is 0 Å². The number of benzene rings is 2. The van der Waals surface area contributed by atoms with E-state index in [0.717, 1.165) is 48.1 Å². The average molecular weight is 515 g/mol. The molecule has 1 saturated carbocycles.